The number of rotatable bonds is 2. The van der Waals surface area contributed by atoms with E-state index < -0.39 is 0 Å². The summed E-state index contributed by atoms with van der Waals surface area (Å²) in [5.41, 5.74) is 2.39. The first-order valence-corrected chi connectivity index (χ1v) is 9.49. The normalized spacial score (nSPS) is 23.1. The fourth-order valence-electron chi connectivity index (χ4n) is 3.48. The highest BCUT2D eigenvalue weighted by Crippen LogP contribution is 2.39. The topological polar surface area (TPSA) is 32.3 Å². The molecule has 1 fully saturated rings. The lowest BCUT2D eigenvalue weighted by Crippen LogP contribution is -2.51. The van der Waals surface area contributed by atoms with Crippen LogP contribution >= 0.6 is 23.4 Å². The molecule has 0 spiro atoms. The summed E-state index contributed by atoms with van der Waals surface area (Å²) in [5, 5.41) is 4.11. The van der Waals surface area contributed by atoms with Gasteiger partial charge in [0.1, 0.15) is 0 Å². The van der Waals surface area contributed by atoms with Crippen LogP contribution in [0.1, 0.15) is 17.2 Å². The Morgan fingerprint density at radius 1 is 1.21 bits per heavy atom. The van der Waals surface area contributed by atoms with Gasteiger partial charge in [0.25, 0.3) is 0 Å². The molecule has 5 heteroatoms. The Hall–Kier alpha value is -1.49. The number of amides is 1. The number of benzene rings is 2. The van der Waals surface area contributed by atoms with Crippen LogP contribution in [0, 0.1) is 0 Å². The summed E-state index contributed by atoms with van der Waals surface area (Å²) >= 11 is 7.85. The van der Waals surface area contributed by atoms with Crippen LogP contribution in [0.15, 0.2) is 53.4 Å². The summed E-state index contributed by atoms with van der Waals surface area (Å²) in [6.07, 6.45) is 0.825. The van der Waals surface area contributed by atoms with Gasteiger partial charge in [-0.2, -0.15) is 0 Å². The van der Waals surface area contributed by atoms with Crippen molar-refractivity contribution in [1.82, 2.24) is 10.2 Å². The molecule has 2 heterocycles. The lowest BCUT2D eigenvalue weighted by molar-refractivity contribution is -0.133. The molecule has 0 bridgehead atoms. The van der Waals surface area contributed by atoms with E-state index in [1.807, 2.05) is 35.2 Å². The second kappa shape index (κ2) is 6.79. The van der Waals surface area contributed by atoms with Crippen molar-refractivity contribution in [1.29, 1.82) is 0 Å². The maximum Gasteiger partial charge on any atom is 0.237 e. The third-order valence-corrected chi connectivity index (χ3v) is 6.22. The van der Waals surface area contributed by atoms with Gasteiger partial charge in [-0.05, 0) is 35.7 Å². The highest BCUT2D eigenvalue weighted by Gasteiger charge is 2.35. The Bertz CT molecular complexity index is 742. The van der Waals surface area contributed by atoms with E-state index in [0.717, 1.165) is 31.6 Å². The van der Waals surface area contributed by atoms with Crippen molar-refractivity contribution in [2.24, 2.45) is 0 Å². The zero-order valence-corrected chi connectivity index (χ0v) is 14.8. The predicted octanol–water partition coefficient (Wildman–Crippen LogP) is 3.53. The van der Waals surface area contributed by atoms with E-state index in [-0.39, 0.29) is 17.2 Å². The molecule has 1 saturated heterocycles. The standard InChI is InChI=1S/C19H19ClN2OS/c20-15-6-3-5-13(10-15)16-12-21-8-9-22(16)19(23)18-11-14-4-1-2-7-17(14)24-18/h1-7,10,16,18,21H,8-9,11-12H2. The Kier molecular flexibility index (Phi) is 4.53. The van der Waals surface area contributed by atoms with Crippen LogP contribution in [-0.2, 0) is 11.2 Å². The molecule has 2 atom stereocenters. The van der Waals surface area contributed by atoms with Gasteiger partial charge in [0, 0.05) is 29.6 Å². The molecule has 0 radical (unpaired) electrons. The fraction of sp³-hybridized carbons (Fsp3) is 0.316. The zero-order valence-electron chi connectivity index (χ0n) is 13.2. The molecular weight excluding hydrogens is 340 g/mol. The number of carbonyl (C=O) groups excluding carboxylic acids is 1. The minimum Gasteiger partial charge on any atom is -0.332 e. The maximum atomic E-state index is 13.2. The zero-order chi connectivity index (χ0) is 16.5. The highest BCUT2D eigenvalue weighted by atomic mass is 35.5. The molecule has 4 rings (SSSR count). The highest BCUT2D eigenvalue weighted by molar-refractivity contribution is 8.01. The molecule has 24 heavy (non-hydrogen) atoms. The number of thioether (sulfide) groups is 1. The Balaban J connectivity index is 1.56. The summed E-state index contributed by atoms with van der Waals surface area (Å²) < 4.78 is 0. The van der Waals surface area contributed by atoms with Gasteiger partial charge in [0.2, 0.25) is 5.91 Å². The van der Waals surface area contributed by atoms with E-state index in [1.54, 1.807) is 11.8 Å². The first-order chi connectivity index (χ1) is 11.7. The number of halogens is 1. The third kappa shape index (κ3) is 3.06. The molecule has 0 aromatic heterocycles. The van der Waals surface area contributed by atoms with Crippen molar-refractivity contribution < 1.29 is 4.79 Å². The summed E-state index contributed by atoms with van der Waals surface area (Å²) in [6, 6.07) is 16.2. The van der Waals surface area contributed by atoms with E-state index in [9.17, 15) is 4.79 Å². The Labute approximate surface area is 151 Å². The second-order valence-electron chi connectivity index (χ2n) is 6.22. The lowest BCUT2D eigenvalue weighted by atomic mass is 10.0. The second-order valence-corrected chi connectivity index (χ2v) is 7.91. The van der Waals surface area contributed by atoms with Gasteiger partial charge in [0.15, 0.2) is 0 Å². The van der Waals surface area contributed by atoms with Crippen molar-refractivity contribution in [2.45, 2.75) is 22.6 Å². The molecule has 0 saturated carbocycles. The summed E-state index contributed by atoms with van der Waals surface area (Å²) in [5.74, 6) is 0.239. The molecule has 2 aromatic rings. The van der Waals surface area contributed by atoms with E-state index in [2.05, 4.69) is 23.5 Å². The fourth-order valence-corrected chi connectivity index (χ4v) is 4.95. The van der Waals surface area contributed by atoms with Gasteiger partial charge in [-0.15, -0.1) is 11.8 Å². The molecule has 3 nitrogen and oxygen atoms in total. The Morgan fingerprint density at radius 2 is 2.08 bits per heavy atom. The number of hydrogen-bond acceptors (Lipinski definition) is 3. The van der Waals surface area contributed by atoms with Crippen LogP contribution in [0.4, 0.5) is 0 Å². The molecule has 2 unspecified atom stereocenters. The quantitative estimate of drug-likeness (QED) is 0.891. The van der Waals surface area contributed by atoms with Gasteiger partial charge in [-0.1, -0.05) is 41.9 Å². The number of hydrogen-bond donors (Lipinski definition) is 1. The van der Waals surface area contributed by atoms with Crippen molar-refractivity contribution in [3.8, 4) is 0 Å². The largest absolute Gasteiger partial charge is 0.332 e. The van der Waals surface area contributed by atoms with Crippen LogP contribution in [-0.4, -0.2) is 35.7 Å². The molecule has 2 aliphatic rings. The average Bonchev–Trinajstić information content (AvgIpc) is 3.05. The van der Waals surface area contributed by atoms with E-state index >= 15 is 0 Å². The van der Waals surface area contributed by atoms with Gasteiger partial charge in [-0.3, -0.25) is 4.79 Å². The maximum absolute atomic E-state index is 13.2. The molecule has 2 aromatic carbocycles. The van der Waals surface area contributed by atoms with Gasteiger partial charge in [-0.25, -0.2) is 0 Å². The lowest BCUT2D eigenvalue weighted by Gasteiger charge is -2.38. The summed E-state index contributed by atoms with van der Waals surface area (Å²) in [6.45, 7) is 2.35. The number of piperazine rings is 1. The SMILES string of the molecule is O=C(C1Cc2ccccc2S1)N1CCNCC1c1cccc(Cl)c1. The minimum absolute atomic E-state index is 0.0119. The summed E-state index contributed by atoms with van der Waals surface area (Å²) in [7, 11) is 0. The van der Waals surface area contributed by atoms with E-state index in [4.69, 9.17) is 11.6 Å². The number of nitrogens with one attached hydrogen (secondary N) is 1. The van der Waals surface area contributed by atoms with Crippen LogP contribution in [0.25, 0.3) is 0 Å². The predicted molar refractivity (Wildman–Crippen MR) is 98.6 cm³/mol. The van der Waals surface area contributed by atoms with Gasteiger partial charge >= 0.3 is 0 Å². The minimum atomic E-state index is -0.0119. The first kappa shape index (κ1) is 16.0. The van der Waals surface area contributed by atoms with Crippen molar-refractivity contribution in [3.05, 3.63) is 64.7 Å². The third-order valence-electron chi connectivity index (χ3n) is 4.68. The Morgan fingerprint density at radius 3 is 2.92 bits per heavy atom. The number of fused-ring (bicyclic) bond motifs is 1. The van der Waals surface area contributed by atoms with E-state index in [0.29, 0.717) is 5.02 Å². The molecule has 124 valence electrons. The molecular formula is C19H19ClN2OS. The van der Waals surface area contributed by atoms with Gasteiger partial charge in [0.05, 0.1) is 11.3 Å². The van der Waals surface area contributed by atoms with Gasteiger partial charge < -0.3 is 10.2 Å². The van der Waals surface area contributed by atoms with Crippen molar-refractivity contribution >= 4 is 29.3 Å². The van der Waals surface area contributed by atoms with Crippen LogP contribution in [0.3, 0.4) is 0 Å². The van der Waals surface area contributed by atoms with Crippen molar-refractivity contribution in [3.63, 3.8) is 0 Å². The molecule has 1 N–H and O–H groups in total. The monoisotopic (exact) mass is 358 g/mol. The summed E-state index contributed by atoms with van der Waals surface area (Å²) in [4.78, 5) is 16.5. The smallest absolute Gasteiger partial charge is 0.237 e. The molecule has 0 aliphatic carbocycles. The van der Waals surface area contributed by atoms with Crippen LogP contribution in [0.2, 0.25) is 5.02 Å². The van der Waals surface area contributed by atoms with Crippen LogP contribution in [0.5, 0.6) is 0 Å². The average molecular weight is 359 g/mol. The number of carbonyl (C=O) groups is 1. The molecule has 1 amide bonds. The van der Waals surface area contributed by atoms with E-state index in [1.165, 1.54) is 10.5 Å². The van der Waals surface area contributed by atoms with Crippen LogP contribution < -0.4 is 5.32 Å². The molecule has 2 aliphatic heterocycles. The number of nitrogens with zero attached hydrogens (tertiary/aromatic N) is 1. The van der Waals surface area contributed by atoms with Crippen molar-refractivity contribution in [2.75, 3.05) is 19.6 Å². The first-order valence-electron chi connectivity index (χ1n) is 8.23.